The van der Waals surface area contributed by atoms with Gasteiger partial charge in [0.2, 0.25) is 11.9 Å². The van der Waals surface area contributed by atoms with Crippen molar-refractivity contribution in [2.75, 3.05) is 51.5 Å². The Morgan fingerprint density at radius 1 is 1.43 bits per heavy atom. The van der Waals surface area contributed by atoms with Gasteiger partial charge in [0.15, 0.2) is 11.5 Å². The van der Waals surface area contributed by atoms with Gasteiger partial charge in [0.25, 0.3) is 0 Å². The van der Waals surface area contributed by atoms with E-state index in [9.17, 15) is 4.79 Å². The van der Waals surface area contributed by atoms with Gasteiger partial charge >= 0.3 is 0 Å². The molecule has 1 aromatic heterocycles. The zero-order chi connectivity index (χ0) is 26.4. The van der Waals surface area contributed by atoms with Crippen LogP contribution < -0.4 is 25.4 Å². The first-order valence-electron chi connectivity index (χ1n) is 12.0. The lowest BCUT2D eigenvalue weighted by atomic mass is 10.2. The monoisotopic (exact) mass is 396 g/mol. The predicted molar refractivity (Wildman–Crippen MR) is 107 cm³/mol. The molecule has 1 atom stereocenters. The third kappa shape index (κ3) is 4.36. The van der Waals surface area contributed by atoms with Gasteiger partial charge in [-0.15, -0.1) is 0 Å². The number of benzene rings is 1. The second kappa shape index (κ2) is 8.92. The molecule has 28 heavy (non-hydrogen) atoms. The summed E-state index contributed by atoms with van der Waals surface area (Å²) in [5, 5.41) is 2.91. The maximum atomic E-state index is 12.5. The van der Waals surface area contributed by atoms with Crippen LogP contribution in [0.5, 0.6) is 11.5 Å². The van der Waals surface area contributed by atoms with Crippen molar-refractivity contribution in [3.63, 3.8) is 0 Å². The molecule has 0 bridgehead atoms. The number of amides is 1. The van der Waals surface area contributed by atoms with E-state index < -0.39 is 31.3 Å². The second-order valence-corrected chi connectivity index (χ2v) is 5.95. The molecule has 1 fully saturated rings. The number of hydrogen-bond donors (Lipinski definition) is 2. The Balaban J connectivity index is 1.66. The molecule has 2 heterocycles. The number of nitrogen functional groups attached to an aromatic ring is 1. The van der Waals surface area contributed by atoms with Crippen molar-refractivity contribution in [1.82, 2.24) is 15.3 Å². The van der Waals surface area contributed by atoms with Crippen LogP contribution in [0.3, 0.4) is 0 Å². The van der Waals surface area contributed by atoms with Gasteiger partial charge in [0.05, 0.1) is 23.8 Å². The standard InChI is InChI=1S/C19H27N5O4/c1-24(8-5-7-21-18(25)14-6-4-9-28-14)19-22-13-11-16(27-3)15(26-2)10-12(13)17(20)23-19/h10-11,14H,4-9H2,1-3H3,(H,21,25)(H2,20,22,23)/i4D2,6D2,9D2,14D. The van der Waals surface area contributed by atoms with Crippen LogP contribution in [-0.2, 0) is 9.53 Å². The van der Waals surface area contributed by atoms with Gasteiger partial charge < -0.3 is 30.2 Å². The number of nitrogens with one attached hydrogen (secondary N) is 1. The highest BCUT2D eigenvalue weighted by Gasteiger charge is 2.22. The summed E-state index contributed by atoms with van der Waals surface area (Å²) in [4.78, 5) is 23.0. The number of fused-ring (bicyclic) bond motifs is 1. The molecule has 1 unspecified atom stereocenters. The number of rotatable bonds is 8. The molecule has 1 amide bonds. The largest absolute Gasteiger partial charge is 0.493 e. The van der Waals surface area contributed by atoms with Crippen LogP contribution in [0, 0.1) is 0 Å². The molecule has 1 aliphatic heterocycles. The molecule has 9 heteroatoms. The number of nitrogens with zero attached hydrogens (tertiary/aromatic N) is 3. The maximum Gasteiger partial charge on any atom is 0.249 e. The highest BCUT2D eigenvalue weighted by atomic mass is 16.5. The Kier molecular flexibility index (Phi) is 4.02. The fourth-order valence-electron chi connectivity index (χ4n) is 2.62. The Labute approximate surface area is 174 Å². The van der Waals surface area contributed by atoms with E-state index in [1.807, 2.05) is 0 Å². The molecule has 9 nitrogen and oxygen atoms in total. The van der Waals surface area contributed by atoms with E-state index in [0.29, 0.717) is 41.3 Å². The van der Waals surface area contributed by atoms with E-state index in [0.717, 1.165) is 0 Å². The fourth-order valence-corrected chi connectivity index (χ4v) is 2.62. The molecule has 0 saturated carbocycles. The van der Waals surface area contributed by atoms with Crippen molar-refractivity contribution >= 4 is 28.6 Å². The van der Waals surface area contributed by atoms with Crippen LogP contribution in [0.25, 0.3) is 10.9 Å². The Bertz CT molecular complexity index is 1140. The Morgan fingerprint density at radius 2 is 2.18 bits per heavy atom. The Morgan fingerprint density at radius 3 is 2.86 bits per heavy atom. The SMILES string of the molecule is [2H]C1([2H])OC([2H])(C(=O)NCCCN(C)c2nc(N)c3cc(OC)c(OC)cc3n2)C([2H])([2H])C1([2H])[2H]. The molecule has 1 aromatic carbocycles. The second-order valence-electron chi connectivity index (χ2n) is 5.95. The average molecular weight is 396 g/mol. The van der Waals surface area contributed by atoms with E-state index in [1.165, 1.54) is 14.2 Å². The lowest BCUT2D eigenvalue weighted by Crippen LogP contribution is -2.36. The van der Waals surface area contributed by atoms with Gasteiger partial charge in [0.1, 0.15) is 11.9 Å². The van der Waals surface area contributed by atoms with Gasteiger partial charge in [-0.2, -0.15) is 4.98 Å². The quantitative estimate of drug-likeness (QED) is 0.643. The van der Waals surface area contributed by atoms with Gasteiger partial charge in [-0.3, -0.25) is 4.79 Å². The number of aromatic nitrogens is 2. The molecule has 0 spiro atoms. The number of carbonyl (C=O) groups is 1. The molecule has 1 aliphatic rings. The summed E-state index contributed by atoms with van der Waals surface area (Å²) in [6, 6.07) is 3.35. The van der Waals surface area contributed by atoms with Crippen molar-refractivity contribution in [2.24, 2.45) is 0 Å². The van der Waals surface area contributed by atoms with E-state index >= 15 is 0 Å². The molecule has 152 valence electrons. The summed E-state index contributed by atoms with van der Waals surface area (Å²) in [7, 11) is 4.71. The number of carbonyl (C=O) groups excluding carboxylic acids is 1. The minimum Gasteiger partial charge on any atom is -0.493 e. The van der Waals surface area contributed by atoms with Crippen molar-refractivity contribution in [1.29, 1.82) is 0 Å². The first-order valence-corrected chi connectivity index (χ1v) is 8.52. The number of anilines is 2. The first-order chi connectivity index (χ1) is 16.1. The van der Waals surface area contributed by atoms with E-state index in [1.54, 1.807) is 24.1 Å². The van der Waals surface area contributed by atoms with Crippen molar-refractivity contribution in [3.05, 3.63) is 12.1 Å². The number of ether oxygens (including phenoxy) is 3. The topological polar surface area (TPSA) is 112 Å². The van der Waals surface area contributed by atoms with Crippen molar-refractivity contribution < 1.29 is 28.6 Å². The van der Waals surface area contributed by atoms with Gasteiger partial charge in [-0.25, -0.2) is 4.98 Å². The summed E-state index contributed by atoms with van der Waals surface area (Å²) in [6.45, 7) is -2.85. The summed E-state index contributed by atoms with van der Waals surface area (Å²) in [5.41, 5.74) is 6.63. The van der Waals surface area contributed by atoms with Gasteiger partial charge in [0, 0.05) is 43.6 Å². The molecule has 3 N–H and O–H groups in total. The third-order valence-electron chi connectivity index (χ3n) is 4.10. The number of hydrogen-bond acceptors (Lipinski definition) is 8. The van der Waals surface area contributed by atoms with E-state index in [2.05, 4.69) is 20.0 Å². The molecule has 0 aliphatic carbocycles. The average Bonchev–Trinajstić information content (AvgIpc) is 2.89. The summed E-state index contributed by atoms with van der Waals surface area (Å²) in [6.07, 6.45) is -9.22. The van der Waals surface area contributed by atoms with Crippen LogP contribution in [0.4, 0.5) is 11.8 Å². The lowest BCUT2D eigenvalue weighted by Gasteiger charge is -2.19. The molecule has 3 rings (SSSR count). The van der Waals surface area contributed by atoms with Crippen LogP contribution in [0.1, 0.15) is 28.8 Å². The smallest absolute Gasteiger partial charge is 0.249 e. The van der Waals surface area contributed by atoms with E-state index in [4.69, 9.17) is 24.8 Å². The first kappa shape index (κ1) is 12.6. The zero-order valence-electron chi connectivity index (χ0n) is 22.8. The zero-order valence-corrected chi connectivity index (χ0v) is 15.8. The van der Waals surface area contributed by atoms with Crippen LogP contribution in [0.2, 0.25) is 0 Å². The summed E-state index contributed by atoms with van der Waals surface area (Å²) >= 11 is 0. The van der Waals surface area contributed by atoms with Crippen LogP contribution in [0.15, 0.2) is 12.1 Å². The van der Waals surface area contributed by atoms with Gasteiger partial charge in [-0.05, 0) is 25.2 Å². The fraction of sp³-hybridized carbons (Fsp3) is 0.526. The predicted octanol–water partition coefficient (Wildman–Crippen LogP) is 1.35. The normalized spacial score (nSPS) is 27.9. The molecule has 2 aromatic rings. The van der Waals surface area contributed by atoms with Crippen LogP contribution in [-0.4, -0.2) is 62.9 Å². The minimum absolute atomic E-state index is 0.0245. The van der Waals surface area contributed by atoms with Crippen LogP contribution >= 0.6 is 0 Å². The molecular weight excluding hydrogens is 362 g/mol. The maximum absolute atomic E-state index is 12.5. The molecular formula is C19H27N5O4. The van der Waals surface area contributed by atoms with Gasteiger partial charge in [-0.1, -0.05) is 0 Å². The van der Waals surface area contributed by atoms with E-state index in [-0.39, 0.29) is 12.4 Å². The summed E-state index contributed by atoms with van der Waals surface area (Å²) < 4.78 is 69.5. The minimum atomic E-state index is -3.23. The highest BCUT2D eigenvalue weighted by Crippen LogP contribution is 2.33. The molecule has 0 radical (unpaired) electrons. The third-order valence-corrected chi connectivity index (χ3v) is 4.10. The highest BCUT2D eigenvalue weighted by molar-refractivity contribution is 5.91. The van der Waals surface area contributed by atoms with Crippen molar-refractivity contribution in [3.8, 4) is 11.5 Å². The summed E-state index contributed by atoms with van der Waals surface area (Å²) in [5.74, 6) is 0.217. The number of methoxy groups -OCH3 is 2. The molecule has 1 saturated heterocycles. The number of nitrogens with two attached hydrogens (primary N) is 1. The Hall–Kier alpha value is -2.81. The lowest BCUT2D eigenvalue weighted by molar-refractivity contribution is -0.130. The van der Waals surface area contributed by atoms with Crippen molar-refractivity contribution in [2.45, 2.75) is 25.2 Å².